The Balaban J connectivity index is 1.42. The van der Waals surface area contributed by atoms with Gasteiger partial charge in [0.05, 0.1) is 0 Å². The van der Waals surface area contributed by atoms with Crippen LogP contribution < -0.4 is 5.32 Å². The Morgan fingerprint density at radius 3 is 2.23 bits per heavy atom. The van der Waals surface area contributed by atoms with Crippen LogP contribution in [0.3, 0.4) is 0 Å². The fraction of sp³-hybridized carbons (Fsp3) is 0.400. The van der Waals surface area contributed by atoms with Gasteiger partial charge in [0.15, 0.2) is 5.78 Å². The van der Waals surface area contributed by atoms with Gasteiger partial charge in [0.25, 0.3) is 5.91 Å². The van der Waals surface area contributed by atoms with E-state index in [-0.39, 0.29) is 29.6 Å². The molecule has 1 saturated heterocycles. The maximum absolute atomic E-state index is 13.0. The highest BCUT2D eigenvalue weighted by Crippen LogP contribution is 2.37. The van der Waals surface area contributed by atoms with E-state index >= 15 is 0 Å². The lowest BCUT2D eigenvalue weighted by Crippen LogP contribution is -2.45. The topological polar surface area (TPSA) is 66.5 Å². The lowest BCUT2D eigenvalue weighted by atomic mass is 9.94. The lowest BCUT2D eigenvalue weighted by Gasteiger charge is -2.32. The molecule has 2 aromatic carbocycles. The Morgan fingerprint density at radius 2 is 1.57 bits per heavy atom. The van der Waals surface area contributed by atoms with Gasteiger partial charge in [0.1, 0.15) is 0 Å². The van der Waals surface area contributed by atoms with E-state index in [1.54, 1.807) is 17.0 Å². The highest BCUT2D eigenvalue weighted by atomic mass is 16.2. The van der Waals surface area contributed by atoms with Crippen molar-refractivity contribution in [2.24, 2.45) is 11.8 Å². The summed E-state index contributed by atoms with van der Waals surface area (Å²) in [4.78, 5) is 40.0. The largest absolute Gasteiger partial charge is 0.353 e. The number of carbonyl (C=O) groups excluding carboxylic acids is 3. The van der Waals surface area contributed by atoms with E-state index < -0.39 is 0 Å². The Morgan fingerprint density at radius 1 is 0.933 bits per heavy atom. The molecule has 5 heteroatoms. The molecule has 5 nitrogen and oxygen atoms in total. The molecule has 4 rings (SSSR count). The maximum Gasteiger partial charge on any atom is 0.253 e. The highest BCUT2D eigenvalue weighted by molar-refractivity contribution is 6.22. The minimum atomic E-state index is -0.0732. The van der Waals surface area contributed by atoms with Crippen LogP contribution in [0.15, 0.2) is 42.5 Å². The third-order valence-corrected chi connectivity index (χ3v) is 6.50. The minimum Gasteiger partial charge on any atom is -0.353 e. The molecule has 0 spiro atoms. The van der Waals surface area contributed by atoms with Crippen molar-refractivity contribution >= 4 is 17.6 Å². The molecule has 0 aromatic heterocycles. The average Bonchev–Trinajstić information content (AvgIpc) is 3.05. The number of fused-ring (bicyclic) bond motifs is 3. The SMILES string of the molecule is CC(C)C(C)NC(=O)C1CCN(C(=O)c2ccc3c(c2)C(=O)c2ccccc2-3)CC1. The predicted octanol–water partition coefficient (Wildman–Crippen LogP) is 3.91. The van der Waals surface area contributed by atoms with Crippen LogP contribution in [-0.4, -0.2) is 41.6 Å². The third kappa shape index (κ3) is 3.64. The van der Waals surface area contributed by atoms with E-state index in [2.05, 4.69) is 19.2 Å². The van der Waals surface area contributed by atoms with Crippen LogP contribution in [0.25, 0.3) is 11.1 Å². The van der Waals surface area contributed by atoms with Crippen molar-refractivity contribution in [2.45, 2.75) is 39.7 Å². The minimum absolute atomic E-state index is 0.0232. The summed E-state index contributed by atoms with van der Waals surface area (Å²) in [5.41, 5.74) is 3.64. The first-order valence-electron chi connectivity index (χ1n) is 10.7. The second kappa shape index (κ2) is 8.05. The quantitative estimate of drug-likeness (QED) is 0.717. The van der Waals surface area contributed by atoms with Gasteiger partial charge in [-0.05, 0) is 48.9 Å². The number of nitrogens with zero attached hydrogens (tertiary/aromatic N) is 1. The van der Waals surface area contributed by atoms with E-state index in [0.29, 0.717) is 48.5 Å². The van der Waals surface area contributed by atoms with Crippen molar-refractivity contribution in [3.8, 4) is 11.1 Å². The second-order valence-corrected chi connectivity index (χ2v) is 8.74. The molecule has 1 atom stereocenters. The van der Waals surface area contributed by atoms with Gasteiger partial charge in [-0.2, -0.15) is 0 Å². The molecule has 156 valence electrons. The Hall–Kier alpha value is -2.95. The summed E-state index contributed by atoms with van der Waals surface area (Å²) in [6.07, 6.45) is 1.33. The number of amides is 2. The number of carbonyl (C=O) groups is 3. The summed E-state index contributed by atoms with van der Waals surface area (Å²) in [7, 11) is 0. The Kier molecular flexibility index (Phi) is 5.46. The highest BCUT2D eigenvalue weighted by Gasteiger charge is 2.31. The molecule has 2 aromatic rings. The molecule has 1 N–H and O–H groups in total. The molecular formula is C25H28N2O3. The Labute approximate surface area is 177 Å². The normalized spacial score (nSPS) is 16.9. The molecule has 1 aliphatic carbocycles. The molecule has 1 unspecified atom stereocenters. The van der Waals surface area contributed by atoms with Gasteiger partial charge in [0, 0.05) is 41.7 Å². The monoisotopic (exact) mass is 404 g/mol. The van der Waals surface area contributed by atoms with Gasteiger partial charge in [-0.1, -0.05) is 44.2 Å². The maximum atomic E-state index is 13.0. The summed E-state index contributed by atoms with van der Waals surface area (Å²) in [5, 5.41) is 3.09. The molecule has 1 aliphatic heterocycles. The molecule has 0 saturated carbocycles. The molecule has 2 aliphatic rings. The van der Waals surface area contributed by atoms with Crippen LogP contribution in [0.5, 0.6) is 0 Å². The van der Waals surface area contributed by atoms with E-state index in [9.17, 15) is 14.4 Å². The van der Waals surface area contributed by atoms with Gasteiger partial charge in [0.2, 0.25) is 5.91 Å². The van der Waals surface area contributed by atoms with Crippen molar-refractivity contribution < 1.29 is 14.4 Å². The standard InChI is InChI=1S/C25H28N2O3/c1-15(2)16(3)26-24(29)17-10-12-27(13-11-17)25(30)18-8-9-20-19-6-4-5-7-21(19)23(28)22(20)14-18/h4-9,14-17H,10-13H2,1-3H3,(H,26,29). The average molecular weight is 405 g/mol. The first kappa shape index (κ1) is 20.3. The van der Waals surface area contributed by atoms with Crippen LogP contribution in [0, 0.1) is 11.8 Å². The first-order chi connectivity index (χ1) is 14.4. The molecule has 0 radical (unpaired) electrons. The Bertz CT molecular complexity index is 1000. The van der Waals surface area contributed by atoms with Crippen molar-refractivity contribution in [3.63, 3.8) is 0 Å². The number of nitrogens with one attached hydrogen (secondary N) is 1. The number of ketones is 1. The smallest absolute Gasteiger partial charge is 0.253 e. The third-order valence-electron chi connectivity index (χ3n) is 6.50. The zero-order chi connectivity index (χ0) is 21.4. The van der Waals surface area contributed by atoms with Crippen LogP contribution >= 0.6 is 0 Å². The number of piperidine rings is 1. The zero-order valence-electron chi connectivity index (χ0n) is 17.8. The number of likely N-dealkylation sites (tertiary alicyclic amines) is 1. The molecule has 30 heavy (non-hydrogen) atoms. The van der Waals surface area contributed by atoms with Gasteiger partial charge >= 0.3 is 0 Å². The summed E-state index contributed by atoms with van der Waals surface area (Å²) in [5.74, 6) is 0.334. The van der Waals surface area contributed by atoms with E-state index in [1.165, 1.54) is 0 Å². The first-order valence-corrected chi connectivity index (χ1v) is 10.7. The molecular weight excluding hydrogens is 376 g/mol. The number of hydrogen-bond acceptors (Lipinski definition) is 3. The van der Waals surface area contributed by atoms with Crippen LogP contribution in [0.2, 0.25) is 0 Å². The van der Waals surface area contributed by atoms with E-state index in [1.807, 2.05) is 37.3 Å². The summed E-state index contributed by atoms with van der Waals surface area (Å²) in [6.45, 7) is 7.31. The fourth-order valence-electron chi connectivity index (χ4n) is 4.20. The zero-order valence-corrected chi connectivity index (χ0v) is 17.8. The van der Waals surface area contributed by atoms with Gasteiger partial charge in [-0.15, -0.1) is 0 Å². The summed E-state index contributed by atoms with van der Waals surface area (Å²) < 4.78 is 0. The van der Waals surface area contributed by atoms with Crippen molar-refractivity contribution in [2.75, 3.05) is 13.1 Å². The molecule has 1 fully saturated rings. The lowest BCUT2D eigenvalue weighted by molar-refractivity contribution is -0.127. The van der Waals surface area contributed by atoms with Crippen molar-refractivity contribution in [1.82, 2.24) is 10.2 Å². The van der Waals surface area contributed by atoms with Crippen LogP contribution in [-0.2, 0) is 4.79 Å². The summed E-state index contributed by atoms with van der Waals surface area (Å²) in [6, 6.07) is 13.1. The van der Waals surface area contributed by atoms with Gasteiger partial charge in [-0.25, -0.2) is 0 Å². The molecule has 1 heterocycles. The number of hydrogen-bond donors (Lipinski definition) is 1. The predicted molar refractivity (Wildman–Crippen MR) is 116 cm³/mol. The van der Waals surface area contributed by atoms with E-state index in [0.717, 1.165) is 11.1 Å². The second-order valence-electron chi connectivity index (χ2n) is 8.74. The van der Waals surface area contributed by atoms with E-state index in [4.69, 9.17) is 0 Å². The van der Waals surface area contributed by atoms with Crippen LogP contribution in [0.1, 0.15) is 59.9 Å². The number of rotatable bonds is 4. The van der Waals surface area contributed by atoms with Crippen LogP contribution in [0.4, 0.5) is 0 Å². The number of benzene rings is 2. The molecule has 0 bridgehead atoms. The van der Waals surface area contributed by atoms with Gasteiger partial charge in [-0.3, -0.25) is 14.4 Å². The van der Waals surface area contributed by atoms with Crippen molar-refractivity contribution in [3.05, 3.63) is 59.2 Å². The van der Waals surface area contributed by atoms with Gasteiger partial charge < -0.3 is 10.2 Å². The van der Waals surface area contributed by atoms with Crippen molar-refractivity contribution in [1.29, 1.82) is 0 Å². The molecule has 2 amide bonds. The summed E-state index contributed by atoms with van der Waals surface area (Å²) >= 11 is 0. The fourth-order valence-corrected chi connectivity index (χ4v) is 4.20.